The van der Waals surface area contributed by atoms with Crippen molar-refractivity contribution in [3.63, 3.8) is 0 Å². The third-order valence-electron chi connectivity index (χ3n) is 3.68. The first-order valence-electron chi connectivity index (χ1n) is 8.71. The Labute approximate surface area is 166 Å². The maximum absolute atomic E-state index is 12.3. The number of hydrogen-bond donors (Lipinski definition) is 9. The molecule has 0 heterocycles. The van der Waals surface area contributed by atoms with Gasteiger partial charge in [-0.25, -0.2) is 4.79 Å². The van der Waals surface area contributed by atoms with Crippen molar-refractivity contribution in [2.24, 2.45) is 17.2 Å². The standard InChI is InChI=1S/C15H28N6O8/c16-7(3-4-10(22)23)12(26)21-9(6-11(24)25)13(27)20-8(14(28)29)2-1-5-19-15(17)18/h7-9,15,19H,1-6,16-18H2,(H,20,27)(H,21,26)(H,22,23)(H,24,25)(H,28,29). The van der Waals surface area contributed by atoms with Crippen molar-refractivity contribution in [1.29, 1.82) is 0 Å². The van der Waals surface area contributed by atoms with E-state index in [1.54, 1.807) is 0 Å². The zero-order valence-electron chi connectivity index (χ0n) is 15.7. The first-order valence-corrected chi connectivity index (χ1v) is 8.71. The first-order chi connectivity index (χ1) is 13.4. The van der Waals surface area contributed by atoms with Crippen LogP contribution in [0.25, 0.3) is 0 Å². The smallest absolute Gasteiger partial charge is 0.326 e. The fourth-order valence-corrected chi connectivity index (χ4v) is 2.18. The SMILES string of the molecule is NC(N)NCCCC(NC(=O)C(CC(=O)O)NC(=O)C(N)CCC(=O)O)C(=O)O. The van der Waals surface area contributed by atoms with E-state index in [1.807, 2.05) is 0 Å². The molecule has 166 valence electrons. The highest BCUT2D eigenvalue weighted by molar-refractivity contribution is 5.94. The largest absolute Gasteiger partial charge is 0.481 e. The Kier molecular flexibility index (Phi) is 12.1. The Bertz CT molecular complexity index is 599. The molecule has 14 nitrogen and oxygen atoms in total. The summed E-state index contributed by atoms with van der Waals surface area (Å²) in [4.78, 5) is 57.2. The molecule has 0 rings (SSSR count). The minimum absolute atomic E-state index is 0.00729. The number of carboxylic acids is 3. The van der Waals surface area contributed by atoms with E-state index in [2.05, 4.69) is 16.0 Å². The molecule has 0 aliphatic carbocycles. The Hall–Kier alpha value is -2.81. The molecule has 14 heteroatoms. The van der Waals surface area contributed by atoms with Gasteiger partial charge >= 0.3 is 17.9 Å². The number of carboxylic acid groups (broad SMARTS) is 3. The molecule has 2 amide bonds. The molecule has 3 atom stereocenters. The summed E-state index contributed by atoms with van der Waals surface area (Å²) < 4.78 is 0. The topological polar surface area (TPSA) is 260 Å². The van der Waals surface area contributed by atoms with Crippen molar-refractivity contribution in [2.45, 2.75) is 56.5 Å². The van der Waals surface area contributed by atoms with E-state index in [-0.39, 0.29) is 25.8 Å². The lowest BCUT2D eigenvalue weighted by atomic mass is 10.1. The Balaban J connectivity index is 4.93. The van der Waals surface area contributed by atoms with Crippen LogP contribution < -0.4 is 33.2 Å². The molecule has 0 aliphatic heterocycles. The predicted molar refractivity (Wildman–Crippen MR) is 98.0 cm³/mol. The summed E-state index contributed by atoms with van der Waals surface area (Å²) in [5.74, 6) is -5.91. The van der Waals surface area contributed by atoms with Crippen molar-refractivity contribution in [3.05, 3.63) is 0 Å². The molecule has 3 unspecified atom stereocenters. The monoisotopic (exact) mass is 420 g/mol. The first kappa shape index (κ1) is 26.2. The highest BCUT2D eigenvalue weighted by atomic mass is 16.4. The number of carbonyl (C=O) groups excluding carboxylic acids is 2. The molecule has 29 heavy (non-hydrogen) atoms. The summed E-state index contributed by atoms with van der Waals surface area (Å²) in [7, 11) is 0. The van der Waals surface area contributed by atoms with Crippen LogP contribution in [0, 0.1) is 0 Å². The van der Waals surface area contributed by atoms with Crippen LogP contribution in [0.4, 0.5) is 0 Å². The third-order valence-corrected chi connectivity index (χ3v) is 3.68. The van der Waals surface area contributed by atoms with Crippen molar-refractivity contribution in [1.82, 2.24) is 16.0 Å². The molecule has 0 bridgehead atoms. The number of rotatable bonds is 15. The molecule has 0 aromatic carbocycles. The summed E-state index contributed by atoms with van der Waals surface area (Å²) in [5, 5.41) is 33.7. The van der Waals surface area contributed by atoms with E-state index >= 15 is 0 Å². The van der Waals surface area contributed by atoms with Crippen molar-refractivity contribution in [3.8, 4) is 0 Å². The summed E-state index contributed by atoms with van der Waals surface area (Å²) in [6.45, 7) is 0.283. The van der Waals surface area contributed by atoms with E-state index in [4.69, 9.17) is 27.4 Å². The minimum atomic E-state index is -1.59. The minimum Gasteiger partial charge on any atom is -0.481 e. The van der Waals surface area contributed by atoms with Crippen molar-refractivity contribution in [2.75, 3.05) is 6.54 Å². The van der Waals surface area contributed by atoms with Crippen LogP contribution >= 0.6 is 0 Å². The van der Waals surface area contributed by atoms with Gasteiger partial charge in [0, 0.05) is 6.42 Å². The van der Waals surface area contributed by atoms with Gasteiger partial charge in [-0.3, -0.25) is 24.5 Å². The molecule has 12 N–H and O–H groups in total. The van der Waals surface area contributed by atoms with Crippen LogP contribution in [-0.4, -0.2) is 76.0 Å². The number of amides is 2. The zero-order chi connectivity index (χ0) is 22.6. The van der Waals surface area contributed by atoms with Gasteiger partial charge in [-0.1, -0.05) is 0 Å². The van der Waals surface area contributed by atoms with E-state index in [1.165, 1.54) is 0 Å². The van der Waals surface area contributed by atoms with Gasteiger partial charge in [0.1, 0.15) is 18.4 Å². The van der Waals surface area contributed by atoms with Gasteiger partial charge in [-0.2, -0.15) is 0 Å². The van der Waals surface area contributed by atoms with Crippen LogP contribution in [-0.2, 0) is 24.0 Å². The summed E-state index contributed by atoms with van der Waals surface area (Å²) in [5.41, 5.74) is 16.1. The van der Waals surface area contributed by atoms with Gasteiger partial charge < -0.3 is 43.2 Å². The number of aliphatic carboxylic acids is 3. The fourth-order valence-electron chi connectivity index (χ4n) is 2.18. The number of carbonyl (C=O) groups is 5. The molecular formula is C15H28N6O8. The van der Waals surface area contributed by atoms with Crippen LogP contribution in [0.5, 0.6) is 0 Å². The van der Waals surface area contributed by atoms with Crippen LogP contribution in [0.3, 0.4) is 0 Å². The highest BCUT2D eigenvalue weighted by Gasteiger charge is 2.29. The normalized spacial score (nSPS) is 13.9. The average molecular weight is 420 g/mol. The Morgan fingerprint density at radius 1 is 0.793 bits per heavy atom. The third kappa shape index (κ3) is 12.3. The Morgan fingerprint density at radius 2 is 1.38 bits per heavy atom. The van der Waals surface area contributed by atoms with Gasteiger partial charge in [-0.15, -0.1) is 0 Å². The van der Waals surface area contributed by atoms with E-state index in [0.717, 1.165) is 0 Å². The molecule has 0 aliphatic rings. The highest BCUT2D eigenvalue weighted by Crippen LogP contribution is 2.02. The zero-order valence-corrected chi connectivity index (χ0v) is 15.7. The van der Waals surface area contributed by atoms with Gasteiger partial charge in [-0.05, 0) is 25.8 Å². The second-order valence-corrected chi connectivity index (χ2v) is 6.22. The number of hydrogen-bond acceptors (Lipinski definition) is 9. The second-order valence-electron chi connectivity index (χ2n) is 6.22. The van der Waals surface area contributed by atoms with Gasteiger partial charge in [0.05, 0.1) is 12.5 Å². The molecule has 0 saturated heterocycles. The van der Waals surface area contributed by atoms with Crippen molar-refractivity contribution < 1.29 is 39.3 Å². The summed E-state index contributed by atoms with van der Waals surface area (Å²) in [6.07, 6.45) is -1.94. The lowest BCUT2D eigenvalue weighted by Crippen LogP contribution is -2.55. The van der Waals surface area contributed by atoms with E-state index < -0.39 is 67.0 Å². The summed E-state index contributed by atoms with van der Waals surface area (Å²) >= 11 is 0. The lowest BCUT2D eigenvalue weighted by Gasteiger charge is -2.22. The number of nitrogens with two attached hydrogens (primary N) is 3. The summed E-state index contributed by atoms with van der Waals surface area (Å²) in [6, 6.07) is -4.21. The maximum atomic E-state index is 12.3. The van der Waals surface area contributed by atoms with Gasteiger partial charge in [0.2, 0.25) is 11.8 Å². The molecule has 0 saturated carbocycles. The van der Waals surface area contributed by atoms with Crippen molar-refractivity contribution >= 4 is 29.7 Å². The van der Waals surface area contributed by atoms with Crippen LogP contribution in [0.15, 0.2) is 0 Å². The van der Waals surface area contributed by atoms with Gasteiger partial charge in [0.15, 0.2) is 0 Å². The second kappa shape index (κ2) is 13.4. The predicted octanol–water partition coefficient (Wildman–Crippen LogP) is -3.72. The van der Waals surface area contributed by atoms with Crippen LogP contribution in [0.1, 0.15) is 32.1 Å². The van der Waals surface area contributed by atoms with E-state index in [0.29, 0.717) is 0 Å². The lowest BCUT2D eigenvalue weighted by molar-refractivity contribution is -0.143. The Morgan fingerprint density at radius 3 is 1.86 bits per heavy atom. The number of nitrogens with one attached hydrogen (secondary N) is 3. The molecule has 0 aromatic heterocycles. The van der Waals surface area contributed by atoms with Gasteiger partial charge in [0.25, 0.3) is 0 Å². The quantitative estimate of drug-likeness (QED) is 0.0914. The molecule has 0 aromatic rings. The fraction of sp³-hybridized carbons (Fsp3) is 0.667. The molecular weight excluding hydrogens is 392 g/mol. The van der Waals surface area contributed by atoms with Crippen LogP contribution in [0.2, 0.25) is 0 Å². The average Bonchev–Trinajstić information content (AvgIpc) is 2.60. The molecule has 0 radical (unpaired) electrons. The maximum Gasteiger partial charge on any atom is 0.326 e. The molecule has 0 fully saturated rings. The molecule has 0 spiro atoms. The van der Waals surface area contributed by atoms with E-state index in [9.17, 15) is 29.1 Å².